The fraction of sp³-hybridized carbons (Fsp3) is 0.458. The summed E-state index contributed by atoms with van der Waals surface area (Å²) in [6, 6.07) is 10.5. The number of likely N-dealkylation sites (tertiary alicyclic amines) is 1. The molecule has 0 aliphatic carbocycles. The minimum atomic E-state index is -0.293. The smallest absolute Gasteiger partial charge is 0.218 e. The van der Waals surface area contributed by atoms with Crippen molar-refractivity contribution in [1.29, 1.82) is 0 Å². The van der Waals surface area contributed by atoms with Crippen LogP contribution in [-0.4, -0.2) is 44.5 Å². The van der Waals surface area contributed by atoms with Crippen molar-refractivity contribution in [2.75, 3.05) is 18.4 Å². The molecule has 0 saturated carbocycles. The number of carbonyl (C=O) groups is 1. The third-order valence-corrected chi connectivity index (χ3v) is 6.40. The second-order valence-corrected chi connectivity index (χ2v) is 9.09. The second-order valence-electron chi connectivity index (χ2n) is 9.09. The van der Waals surface area contributed by atoms with Crippen LogP contribution in [0.2, 0.25) is 0 Å². The van der Waals surface area contributed by atoms with E-state index < -0.39 is 0 Å². The summed E-state index contributed by atoms with van der Waals surface area (Å²) in [5.41, 5.74) is 15.8. The molecule has 2 aromatic heterocycles. The van der Waals surface area contributed by atoms with Gasteiger partial charge in [-0.2, -0.15) is 5.10 Å². The minimum absolute atomic E-state index is 0.0258. The van der Waals surface area contributed by atoms with Crippen LogP contribution in [0, 0.1) is 5.92 Å². The molecule has 170 valence electrons. The molecule has 1 aliphatic heterocycles. The normalized spacial score (nSPS) is 16.5. The highest BCUT2D eigenvalue weighted by atomic mass is 16.1. The Morgan fingerprint density at radius 3 is 2.69 bits per heavy atom. The number of hydrogen-bond donors (Lipinski definition) is 3. The highest BCUT2D eigenvalue weighted by Crippen LogP contribution is 2.35. The van der Waals surface area contributed by atoms with E-state index in [0.717, 1.165) is 55.1 Å². The first-order chi connectivity index (χ1) is 15.4. The zero-order valence-electron chi connectivity index (χ0n) is 18.9. The average molecular weight is 436 g/mol. The summed E-state index contributed by atoms with van der Waals surface area (Å²) in [7, 11) is 0. The van der Waals surface area contributed by atoms with Gasteiger partial charge < -0.3 is 16.8 Å². The van der Waals surface area contributed by atoms with Gasteiger partial charge in [0.15, 0.2) is 5.82 Å². The van der Waals surface area contributed by atoms with Crippen molar-refractivity contribution >= 4 is 22.9 Å². The highest BCUT2D eigenvalue weighted by molar-refractivity contribution is 5.79. The Bertz CT molecular complexity index is 1070. The van der Waals surface area contributed by atoms with E-state index in [1.54, 1.807) is 6.33 Å². The Kier molecular flexibility index (Phi) is 6.72. The standard InChI is InChI=1S/C24H33N7O/c1-16(2)20(13-22(26)32)19-5-3-4-6-21(19)29-24-23-17(7-12-31(23)28-15-27-24)14-30-10-8-18(25)9-11-30/h3-7,12,15-16,18,20H,8-11,13-14,25H2,1-2H3,(H2,26,32)(H,27,28,29). The van der Waals surface area contributed by atoms with E-state index in [9.17, 15) is 4.79 Å². The molecule has 1 aromatic carbocycles. The lowest BCUT2D eigenvalue weighted by Crippen LogP contribution is -2.39. The number of nitrogens with zero attached hydrogens (tertiary/aromatic N) is 4. The summed E-state index contributed by atoms with van der Waals surface area (Å²) >= 11 is 0. The summed E-state index contributed by atoms with van der Waals surface area (Å²) in [6.07, 6.45) is 5.89. The Balaban J connectivity index is 1.65. The molecule has 5 N–H and O–H groups in total. The molecule has 1 unspecified atom stereocenters. The number of para-hydroxylation sites is 1. The van der Waals surface area contributed by atoms with E-state index in [-0.39, 0.29) is 17.7 Å². The highest BCUT2D eigenvalue weighted by Gasteiger charge is 2.23. The summed E-state index contributed by atoms with van der Waals surface area (Å²) in [5, 5.41) is 7.93. The van der Waals surface area contributed by atoms with Gasteiger partial charge in [0, 0.05) is 30.9 Å². The number of nitrogens with one attached hydrogen (secondary N) is 1. The molecule has 4 rings (SSSR count). The maximum atomic E-state index is 11.7. The van der Waals surface area contributed by atoms with Crippen molar-refractivity contribution in [2.45, 2.75) is 51.6 Å². The lowest BCUT2D eigenvalue weighted by atomic mass is 9.84. The van der Waals surface area contributed by atoms with E-state index in [0.29, 0.717) is 12.5 Å². The van der Waals surface area contributed by atoms with Gasteiger partial charge in [-0.05, 0) is 61.0 Å². The van der Waals surface area contributed by atoms with Crippen molar-refractivity contribution in [3.05, 3.63) is 54.0 Å². The van der Waals surface area contributed by atoms with Gasteiger partial charge >= 0.3 is 0 Å². The number of carbonyl (C=O) groups excluding carboxylic acids is 1. The van der Waals surface area contributed by atoms with Gasteiger partial charge in [0.05, 0.1) is 0 Å². The third-order valence-electron chi connectivity index (χ3n) is 6.40. The topological polar surface area (TPSA) is 115 Å². The van der Waals surface area contributed by atoms with Crippen LogP contribution >= 0.6 is 0 Å². The van der Waals surface area contributed by atoms with Crippen molar-refractivity contribution in [3.8, 4) is 0 Å². The van der Waals surface area contributed by atoms with Gasteiger partial charge in [-0.3, -0.25) is 9.69 Å². The predicted octanol–water partition coefficient (Wildman–Crippen LogP) is 3.01. The van der Waals surface area contributed by atoms with Gasteiger partial charge in [-0.25, -0.2) is 9.50 Å². The quantitative estimate of drug-likeness (QED) is 0.501. The van der Waals surface area contributed by atoms with Gasteiger partial charge in [0.1, 0.15) is 11.8 Å². The SMILES string of the molecule is CC(C)C(CC(N)=O)c1ccccc1Nc1ncnn2ccc(CN3CCC(N)CC3)c12. The lowest BCUT2D eigenvalue weighted by Gasteiger charge is -2.29. The van der Waals surface area contributed by atoms with E-state index >= 15 is 0 Å². The second kappa shape index (κ2) is 9.67. The Hall–Kier alpha value is -2.97. The fourth-order valence-electron chi connectivity index (χ4n) is 4.57. The molecule has 0 spiro atoms. The summed E-state index contributed by atoms with van der Waals surface area (Å²) in [5.74, 6) is 0.754. The summed E-state index contributed by atoms with van der Waals surface area (Å²) in [6.45, 7) is 7.07. The number of primary amides is 1. The largest absolute Gasteiger partial charge is 0.370 e. The van der Waals surface area contributed by atoms with Gasteiger partial charge in [-0.1, -0.05) is 32.0 Å². The molecular weight excluding hydrogens is 402 g/mol. The number of hydrogen-bond acceptors (Lipinski definition) is 6. The molecule has 0 radical (unpaired) electrons. The monoisotopic (exact) mass is 435 g/mol. The van der Waals surface area contributed by atoms with E-state index in [1.807, 2.05) is 28.9 Å². The van der Waals surface area contributed by atoms with Crippen LogP contribution in [0.5, 0.6) is 0 Å². The van der Waals surface area contributed by atoms with Crippen LogP contribution in [0.1, 0.15) is 50.2 Å². The van der Waals surface area contributed by atoms with E-state index in [1.165, 1.54) is 5.56 Å². The van der Waals surface area contributed by atoms with Crippen LogP contribution in [0.3, 0.4) is 0 Å². The molecule has 32 heavy (non-hydrogen) atoms. The van der Waals surface area contributed by atoms with E-state index in [2.05, 4.69) is 46.3 Å². The van der Waals surface area contributed by atoms with Crippen LogP contribution in [0.25, 0.3) is 5.52 Å². The molecule has 1 fully saturated rings. The summed E-state index contributed by atoms with van der Waals surface area (Å²) in [4.78, 5) is 18.7. The lowest BCUT2D eigenvalue weighted by molar-refractivity contribution is -0.118. The van der Waals surface area contributed by atoms with Crippen molar-refractivity contribution < 1.29 is 4.79 Å². The fourth-order valence-corrected chi connectivity index (χ4v) is 4.57. The van der Waals surface area contributed by atoms with Crippen LogP contribution in [0.4, 0.5) is 11.5 Å². The first kappa shape index (κ1) is 22.2. The molecular formula is C24H33N7O. The Morgan fingerprint density at radius 1 is 1.22 bits per heavy atom. The van der Waals surface area contributed by atoms with Crippen molar-refractivity contribution in [3.63, 3.8) is 0 Å². The number of rotatable bonds is 8. The zero-order chi connectivity index (χ0) is 22.7. The maximum absolute atomic E-state index is 11.7. The number of nitrogens with two attached hydrogens (primary N) is 2. The molecule has 8 heteroatoms. The number of amides is 1. The van der Waals surface area contributed by atoms with Crippen LogP contribution in [-0.2, 0) is 11.3 Å². The van der Waals surface area contributed by atoms with Gasteiger partial charge in [0.2, 0.25) is 5.91 Å². The number of fused-ring (bicyclic) bond motifs is 1. The Labute approximate surface area is 189 Å². The van der Waals surface area contributed by atoms with Gasteiger partial charge in [-0.15, -0.1) is 0 Å². The molecule has 1 atom stereocenters. The van der Waals surface area contributed by atoms with Crippen molar-refractivity contribution in [1.82, 2.24) is 19.5 Å². The average Bonchev–Trinajstić information content (AvgIpc) is 3.18. The van der Waals surface area contributed by atoms with Crippen LogP contribution < -0.4 is 16.8 Å². The first-order valence-corrected chi connectivity index (χ1v) is 11.4. The molecule has 3 heterocycles. The summed E-state index contributed by atoms with van der Waals surface area (Å²) < 4.78 is 1.87. The number of benzene rings is 1. The minimum Gasteiger partial charge on any atom is -0.370 e. The number of anilines is 2. The molecule has 3 aromatic rings. The van der Waals surface area contributed by atoms with E-state index in [4.69, 9.17) is 11.5 Å². The van der Waals surface area contributed by atoms with Crippen LogP contribution in [0.15, 0.2) is 42.9 Å². The molecule has 1 saturated heterocycles. The predicted molar refractivity (Wildman–Crippen MR) is 127 cm³/mol. The third kappa shape index (κ3) is 4.92. The van der Waals surface area contributed by atoms with Gasteiger partial charge in [0.25, 0.3) is 0 Å². The first-order valence-electron chi connectivity index (χ1n) is 11.4. The zero-order valence-corrected chi connectivity index (χ0v) is 18.9. The number of aromatic nitrogens is 3. The molecule has 1 aliphatic rings. The molecule has 1 amide bonds. The Morgan fingerprint density at radius 2 is 1.97 bits per heavy atom. The molecule has 8 nitrogen and oxygen atoms in total. The maximum Gasteiger partial charge on any atom is 0.218 e. The number of piperidine rings is 1. The molecule has 0 bridgehead atoms. The van der Waals surface area contributed by atoms with Crippen molar-refractivity contribution in [2.24, 2.45) is 17.4 Å².